The van der Waals surface area contributed by atoms with Gasteiger partial charge in [0.15, 0.2) is 0 Å². The Kier molecular flexibility index (Phi) is 12.0. The second kappa shape index (κ2) is 13.6. The van der Waals surface area contributed by atoms with Crippen LogP contribution in [-0.2, 0) is 9.53 Å². The van der Waals surface area contributed by atoms with Crippen LogP contribution in [0.15, 0.2) is 11.8 Å². The average molecular weight is 323 g/mol. The SMILES string of the molecule is CCCCC(=O)OC1=CC(C)CCCCCCCCCCCC1. The van der Waals surface area contributed by atoms with Crippen LogP contribution in [0.25, 0.3) is 0 Å². The summed E-state index contributed by atoms with van der Waals surface area (Å²) >= 11 is 0. The Morgan fingerprint density at radius 3 is 2.17 bits per heavy atom. The molecule has 0 amide bonds. The van der Waals surface area contributed by atoms with Crippen LogP contribution in [0, 0.1) is 5.92 Å². The number of rotatable bonds is 4. The lowest BCUT2D eigenvalue weighted by atomic mass is 10.0. The summed E-state index contributed by atoms with van der Waals surface area (Å²) < 4.78 is 5.67. The van der Waals surface area contributed by atoms with E-state index in [1.807, 2.05) is 0 Å². The number of allylic oxidation sites excluding steroid dienone is 2. The van der Waals surface area contributed by atoms with Crippen molar-refractivity contribution in [1.82, 2.24) is 0 Å². The first-order chi connectivity index (χ1) is 11.2. The van der Waals surface area contributed by atoms with Gasteiger partial charge in [-0.3, -0.25) is 4.79 Å². The lowest BCUT2D eigenvalue weighted by molar-refractivity contribution is -0.139. The number of carbonyl (C=O) groups is 1. The van der Waals surface area contributed by atoms with Gasteiger partial charge in [-0.25, -0.2) is 0 Å². The van der Waals surface area contributed by atoms with Crippen LogP contribution in [0.2, 0.25) is 0 Å². The second-order valence-corrected chi connectivity index (χ2v) is 7.26. The van der Waals surface area contributed by atoms with Crippen molar-refractivity contribution in [2.75, 3.05) is 0 Å². The van der Waals surface area contributed by atoms with E-state index in [0.717, 1.165) is 31.4 Å². The maximum absolute atomic E-state index is 11.9. The average Bonchev–Trinajstić information content (AvgIpc) is 2.53. The standard InChI is InChI=1S/C21H38O2/c1-3-4-17-21(22)23-20-16-14-12-10-8-6-5-7-9-11-13-15-19(2)18-20/h18-19H,3-17H2,1-2H3. The second-order valence-electron chi connectivity index (χ2n) is 7.26. The van der Waals surface area contributed by atoms with Gasteiger partial charge in [-0.1, -0.05) is 78.1 Å². The topological polar surface area (TPSA) is 26.3 Å². The Bertz CT molecular complexity index is 333. The Morgan fingerprint density at radius 1 is 1.00 bits per heavy atom. The molecular formula is C21H38O2. The number of carbonyl (C=O) groups excluding carboxylic acids is 1. The first-order valence-corrected chi connectivity index (χ1v) is 10.1. The molecule has 2 heteroatoms. The molecule has 1 aliphatic carbocycles. The minimum absolute atomic E-state index is 0.0387. The van der Waals surface area contributed by atoms with Gasteiger partial charge in [0.1, 0.15) is 5.76 Å². The summed E-state index contributed by atoms with van der Waals surface area (Å²) in [6, 6.07) is 0. The summed E-state index contributed by atoms with van der Waals surface area (Å²) in [5.74, 6) is 1.42. The number of ether oxygens (including phenoxy) is 1. The molecular weight excluding hydrogens is 284 g/mol. The van der Waals surface area contributed by atoms with Gasteiger partial charge >= 0.3 is 5.97 Å². The molecule has 2 nitrogen and oxygen atoms in total. The van der Waals surface area contributed by atoms with Crippen LogP contribution in [-0.4, -0.2) is 5.97 Å². The molecule has 1 atom stereocenters. The van der Waals surface area contributed by atoms with E-state index in [-0.39, 0.29) is 5.97 Å². The van der Waals surface area contributed by atoms with Crippen molar-refractivity contribution in [1.29, 1.82) is 0 Å². The van der Waals surface area contributed by atoms with Crippen LogP contribution < -0.4 is 0 Å². The summed E-state index contributed by atoms with van der Waals surface area (Å²) in [6.45, 7) is 4.37. The zero-order valence-corrected chi connectivity index (χ0v) is 15.6. The molecule has 0 fully saturated rings. The zero-order valence-electron chi connectivity index (χ0n) is 15.6. The molecule has 1 unspecified atom stereocenters. The van der Waals surface area contributed by atoms with Gasteiger partial charge in [-0.15, -0.1) is 0 Å². The number of hydrogen-bond donors (Lipinski definition) is 0. The van der Waals surface area contributed by atoms with E-state index in [4.69, 9.17) is 4.74 Å². The summed E-state index contributed by atoms with van der Waals surface area (Å²) in [6.07, 6.45) is 20.3. The molecule has 0 saturated carbocycles. The van der Waals surface area contributed by atoms with E-state index in [0.29, 0.717) is 12.3 Å². The van der Waals surface area contributed by atoms with Gasteiger partial charge in [0.25, 0.3) is 0 Å². The van der Waals surface area contributed by atoms with Crippen LogP contribution >= 0.6 is 0 Å². The molecule has 0 N–H and O–H groups in total. The number of unbranched alkanes of at least 4 members (excludes halogenated alkanes) is 1. The maximum atomic E-state index is 11.9. The zero-order chi connectivity index (χ0) is 16.8. The van der Waals surface area contributed by atoms with Crippen molar-refractivity contribution in [2.24, 2.45) is 5.92 Å². The van der Waals surface area contributed by atoms with Gasteiger partial charge in [0.2, 0.25) is 0 Å². The highest BCUT2D eigenvalue weighted by molar-refractivity contribution is 5.70. The monoisotopic (exact) mass is 322 g/mol. The molecule has 1 aliphatic rings. The summed E-state index contributed by atoms with van der Waals surface area (Å²) in [4.78, 5) is 11.9. The quantitative estimate of drug-likeness (QED) is 0.524. The highest BCUT2D eigenvalue weighted by atomic mass is 16.5. The maximum Gasteiger partial charge on any atom is 0.310 e. The van der Waals surface area contributed by atoms with E-state index in [9.17, 15) is 4.79 Å². The molecule has 23 heavy (non-hydrogen) atoms. The Balaban J connectivity index is 2.51. The van der Waals surface area contributed by atoms with Gasteiger partial charge in [0, 0.05) is 12.8 Å². The number of esters is 1. The third kappa shape index (κ3) is 11.4. The van der Waals surface area contributed by atoms with Crippen LogP contribution in [0.1, 0.15) is 110 Å². The summed E-state index contributed by atoms with van der Waals surface area (Å²) in [7, 11) is 0. The fraction of sp³-hybridized carbons (Fsp3) is 0.857. The molecule has 0 radical (unpaired) electrons. The molecule has 0 aliphatic heterocycles. The van der Waals surface area contributed by atoms with Gasteiger partial charge in [-0.2, -0.15) is 0 Å². The molecule has 134 valence electrons. The smallest absolute Gasteiger partial charge is 0.310 e. The number of hydrogen-bond acceptors (Lipinski definition) is 2. The first-order valence-electron chi connectivity index (χ1n) is 10.1. The molecule has 0 aromatic heterocycles. The van der Waals surface area contributed by atoms with Crippen molar-refractivity contribution in [3.05, 3.63) is 11.8 Å². The Hall–Kier alpha value is -0.790. The predicted octanol–water partition coefficient (Wildman–Crippen LogP) is 6.93. The van der Waals surface area contributed by atoms with Crippen LogP contribution in [0.3, 0.4) is 0 Å². The third-order valence-corrected chi connectivity index (χ3v) is 4.78. The molecule has 0 spiro atoms. The van der Waals surface area contributed by atoms with Gasteiger partial charge in [-0.05, 0) is 31.3 Å². The molecule has 0 saturated heterocycles. The van der Waals surface area contributed by atoms with Crippen molar-refractivity contribution < 1.29 is 9.53 Å². The van der Waals surface area contributed by atoms with E-state index >= 15 is 0 Å². The van der Waals surface area contributed by atoms with Crippen molar-refractivity contribution in [3.63, 3.8) is 0 Å². The fourth-order valence-corrected chi connectivity index (χ4v) is 3.27. The largest absolute Gasteiger partial charge is 0.431 e. The van der Waals surface area contributed by atoms with E-state index < -0.39 is 0 Å². The van der Waals surface area contributed by atoms with Crippen molar-refractivity contribution >= 4 is 5.97 Å². The summed E-state index contributed by atoms with van der Waals surface area (Å²) in [5.41, 5.74) is 0. The Labute approximate surface area is 144 Å². The predicted molar refractivity (Wildman–Crippen MR) is 98.3 cm³/mol. The molecule has 0 aromatic carbocycles. The van der Waals surface area contributed by atoms with E-state index in [1.54, 1.807) is 0 Å². The molecule has 0 heterocycles. The van der Waals surface area contributed by atoms with Gasteiger partial charge in [0.05, 0.1) is 0 Å². The highest BCUT2D eigenvalue weighted by Crippen LogP contribution is 2.20. The lowest BCUT2D eigenvalue weighted by Crippen LogP contribution is -2.06. The third-order valence-electron chi connectivity index (χ3n) is 4.78. The molecule has 0 bridgehead atoms. The van der Waals surface area contributed by atoms with Crippen molar-refractivity contribution in [3.8, 4) is 0 Å². The van der Waals surface area contributed by atoms with E-state index in [1.165, 1.54) is 64.2 Å². The molecule has 0 aromatic rings. The minimum Gasteiger partial charge on any atom is -0.431 e. The normalized spacial score (nSPS) is 22.5. The van der Waals surface area contributed by atoms with Crippen LogP contribution in [0.5, 0.6) is 0 Å². The molecule has 1 rings (SSSR count). The summed E-state index contributed by atoms with van der Waals surface area (Å²) in [5, 5.41) is 0. The minimum atomic E-state index is -0.0387. The highest BCUT2D eigenvalue weighted by Gasteiger charge is 2.09. The van der Waals surface area contributed by atoms with Gasteiger partial charge < -0.3 is 4.74 Å². The Morgan fingerprint density at radius 2 is 1.57 bits per heavy atom. The first kappa shape index (κ1) is 20.3. The lowest BCUT2D eigenvalue weighted by Gasteiger charge is -2.12. The fourth-order valence-electron chi connectivity index (χ4n) is 3.27. The van der Waals surface area contributed by atoms with Crippen molar-refractivity contribution in [2.45, 2.75) is 110 Å². The van der Waals surface area contributed by atoms with Crippen LogP contribution in [0.4, 0.5) is 0 Å². The van der Waals surface area contributed by atoms with E-state index in [2.05, 4.69) is 19.9 Å².